The van der Waals surface area contributed by atoms with Crippen LogP contribution in [0.5, 0.6) is 5.75 Å². The van der Waals surface area contributed by atoms with Crippen LogP contribution in [0.2, 0.25) is 0 Å². The Labute approximate surface area is 275 Å². The van der Waals surface area contributed by atoms with Gasteiger partial charge in [-0.15, -0.1) is 0 Å². The standard InChI is InChI=1S/C35H41N5O5S/c1-3-45-34(43)27-10-12-28(13-11-27)36-32(41)24-31-33(42)40(29-14-16-30(44-2)17-15-29)35(46)39(31)19-7-18-37-20-22-38(23-21-37)25-26-8-5-4-6-9-26/h4-6,8-17,31H,3,7,18-25H2,1-2H3,(H,36,41)/t31-/m0/s1. The van der Waals surface area contributed by atoms with Gasteiger partial charge in [-0.25, -0.2) is 4.79 Å². The van der Waals surface area contributed by atoms with E-state index in [0.717, 1.165) is 45.7 Å². The minimum absolute atomic E-state index is 0.0661. The van der Waals surface area contributed by atoms with Gasteiger partial charge in [-0.05, 0) is 86.2 Å². The van der Waals surface area contributed by atoms with Crippen molar-refractivity contribution in [1.82, 2.24) is 14.7 Å². The van der Waals surface area contributed by atoms with Gasteiger partial charge in [-0.2, -0.15) is 0 Å². The maximum Gasteiger partial charge on any atom is 0.338 e. The average molecular weight is 644 g/mol. The summed E-state index contributed by atoms with van der Waals surface area (Å²) in [5, 5.41) is 3.25. The summed E-state index contributed by atoms with van der Waals surface area (Å²) in [5.74, 6) is -0.306. The molecule has 3 aromatic carbocycles. The normalized spacial score (nSPS) is 17.3. The minimum Gasteiger partial charge on any atom is -0.497 e. The third-order valence-electron chi connectivity index (χ3n) is 8.30. The molecule has 1 N–H and O–H groups in total. The SMILES string of the molecule is CCOC(=O)c1ccc(NC(=O)C[C@H]2C(=O)N(c3ccc(OC)cc3)C(=S)N2CCCN2CCN(Cc3ccccc3)CC2)cc1. The Morgan fingerprint density at radius 1 is 0.891 bits per heavy atom. The number of rotatable bonds is 13. The highest BCUT2D eigenvalue weighted by molar-refractivity contribution is 7.80. The van der Waals surface area contributed by atoms with Gasteiger partial charge in [0.25, 0.3) is 5.91 Å². The Hall–Kier alpha value is -4.32. The number of anilines is 2. The van der Waals surface area contributed by atoms with E-state index in [1.54, 1.807) is 62.6 Å². The smallest absolute Gasteiger partial charge is 0.338 e. The van der Waals surface area contributed by atoms with E-state index in [0.29, 0.717) is 34.3 Å². The number of carbonyl (C=O) groups excluding carboxylic acids is 3. The van der Waals surface area contributed by atoms with E-state index in [1.165, 1.54) is 10.5 Å². The fourth-order valence-electron chi connectivity index (χ4n) is 5.83. The maximum atomic E-state index is 13.8. The molecule has 2 fully saturated rings. The Bertz CT molecular complexity index is 1490. The number of piperazine rings is 1. The van der Waals surface area contributed by atoms with Gasteiger partial charge in [0.1, 0.15) is 11.8 Å². The van der Waals surface area contributed by atoms with Crippen LogP contribution < -0.4 is 15.0 Å². The van der Waals surface area contributed by atoms with E-state index >= 15 is 0 Å². The number of ether oxygens (including phenoxy) is 2. The van der Waals surface area contributed by atoms with Gasteiger partial charge in [0, 0.05) is 45.0 Å². The molecule has 2 aliphatic rings. The Morgan fingerprint density at radius 2 is 1.57 bits per heavy atom. The Morgan fingerprint density at radius 3 is 2.22 bits per heavy atom. The zero-order valence-corrected chi connectivity index (χ0v) is 27.2. The summed E-state index contributed by atoms with van der Waals surface area (Å²) in [7, 11) is 1.59. The molecule has 2 heterocycles. The topological polar surface area (TPSA) is 94.7 Å². The minimum atomic E-state index is -0.740. The van der Waals surface area contributed by atoms with Crippen molar-refractivity contribution < 1.29 is 23.9 Å². The number of nitrogens with one attached hydrogen (secondary N) is 1. The number of thiocarbonyl (C=S) groups is 1. The van der Waals surface area contributed by atoms with Crippen molar-refractivity contribution in [3.63, 3.8) is 0 Å². The summed E-state index contributed by atoms with van der Waals surface area (Å²) in [4.78, 5) is 47.4. The van der Waals surface area contributed by atoms with Gasteiger partial charge >= 0.3 is 5.97 Å². The van der Waals surface area contributed by atoms with E-state index in [9.17, 15) is 14.4 Å². The van der Waals surface area contributed by atoms with E-state index in [2.05, 4.69) is 39.4 Å². The lowest BCUT2D eigenvalue weighted by atomic mass is 10.1. The van der Waals surface area contributed by atoms with Gasteiger partial charge in [-0.3, -0.25) is 19.4 Å². The van der Waals surface area contributed by atoms with Crippen molar-refractivity contribution in [2.45, 2.75) is 32.4 Å². The van der Waals surface area contributed by atoms with Crippen LogP contribution in [-0.2, 0) is 20.9 Å². The predicted molar refractivity (Wildman–Crippen MR) is 182 cm³/mol. The molecule has 0 spiro atoms. The lowest BCUT2D eigenvalue weighted by molar-refractivity contribution is -0.124. The third kappa shape index (κ3) is 8.28. The molecule has 242 valence electrons. The van der Waals surface area contributed by atoms with Gasteiger partial charge in [-0.1, -0.05) is 30.3 Å². The summed E-state index contributed by atoms with van der Waals surface area (Å²) in [6, 6.07) is 23.4. The summed E-state index contributed by atoms with van der Waals surface area (Å²) in [5.41, 5.74) is 2.88. The number of carbonyl (C=O) groups is 3. The zero-order valence-electron chi connectivity index (χ0n) is 26.4. The van der Waals surface area contributed by atoms with Crippen LogP contribution in [0, 0.1) is 0 Å². The first-order chi connectivity index (χ1) is 22.4. The molecule has 5 rings (SSSR count). The van der Waals surface area contributed by atoms with E-state index in [1.807, 2.05) is 11.0 Å². The van der Waals surface area contributed by atoms with Crippen LogP contribution in [0.1, 0.15) is 35.7 Å². The molecule has 46 heavy (non-hydrogen) atoms. The second-order valence-electron chi connectivity index (χ2n) is 11.4. The number of hydrogen-bond acceptors (Lipinski definition) is 8. The molecule has 0 saturated carbocycles. The molecule has 0 bridgehead atoms. The van der Waals surface area contributed by atoms with E-state index < -0.39 is 12.0 Å². The summed E-state index contributed by atoms with van der Waals surface area (Å²) >= 11 is 5.85. The van der Waals surface area contributed by atoms with E-state index in [4.69, 9.17) is 21.7 Å². The molecular formula is C35H41N5O5S. The zero-order chi connectivity index (χ0) is 32.5. The molecule has 2 aliphatic heterocycles. The van der Waals surface area contributed by atoms with Crippen molar-refractivity contribution in [1.29, 1.82) is 0 Å². The van der Waals surface area contributed by atoms with E-state index in [-0.39, 0.29) is 24.8 Å². The fourth-order valence-corrected chi connectivity index (χ4v) is 6.24. The van der Waals surface area contributed by atoms with Crippen LogP contribution in [0.3, 0.4) is 0 Å². The van der Waals surface area contributed by atoms with Crippen molar-refractivity contribution in [3.8, 4) is 5.75 Å². The molecule has 1 atom stereocenters. The lowest BCUT2D eigenvalue weighted by Crippen LogP contribution is -2.47. The number of hydrogen-bond donors (Lipinski definition) is 1. The maximum absolute atomic E-state index is 13.8. The summed E-state index contributed by atoms with van der Waals surface area (Å²) in [6.45, 7) is 8.38. The molecule has 3 aromatic rings. The van der Waals surface area contributed by atoms with Crippen molar-refractivity contribution in [2.75, 3.05) is 63.2 Å². The highest BCUT2D eigenvalue weighted by Crippen LogP contribution is 2.29. The number of methoxy groups -OCH3 is 1. The van der Waals surface area contributed by atoms with Crippen LogP contribution in [0.4, 0.5) is 11.4 Å². The van der Waals surface area contributed by atoms with Gasteiger partial charge in [0.15, 0.2) is 5.11 Å². The molecule has 0 aliphatic carbocycles. The first-order valence-electron chi connectivity index (χ1n) is 15.7. The van der Waals surface area contributed by atoms with Gasteiger partial charge < -0.3 is 24.6 Å². The largest absolute Gasteiger partial charge is 0.497 e. The molecule has 0 unspecified atom stereocenters. The predicted octanol–water partition coefficient (Wildman–Crippen LogP) is 4.41. The lowest BCUT2D eigenvalue weighted by Gasteiger charge is -2.35. The first kappa shape index (κ1) is 33.1. The second kappa shape index (κ2) is 15.8. The Balaban J connectivity index is 1.21. The first-order valence-corrected chi connectivity index (χ1v) is 16.1. The molecule has 11 heteroatoms. The molecule has 2 amide bonds. The average Bonchev–Trinajstić information content (AvgIpc) is 3.30. The summed E-state index contributed by atoms with van der Waals surface area (Å²) < 4.78 is 10.3. The van der Waals surface area contributed by atoms with Gasteiger partial charge in [0.2, 0.25) is 5.91 Å². The summed E-state index contributed by atoms with van der Waals surface area (Å²) in [6.07, 6.45) is 0.736. The highest BCUT2D eigenvalue weighted by atomic mass is 32.1. The second-order valence-corrected chi connectivity index (χ2v) is 11.7. The molecule has 2 saturated heterocycles. The Kier molecular flexibility index (Phi) is 11.4. The van der Waals surface area contributed by atoms with Crippen LogP contribution in [0.15, 0.2) is 78.9 Å². The van der Waals surface area contributed by atoms with Gasteiger partial charge in [0.05, 0.1) is 31.4 Å². The number of esters is 1. The van der Waals surface area contributed by atoms with Crippen LogP contribution in [0.25, 0.3) is 0 Å². The molecule has 0 radical (unpaired) electrons. The van der Waals surface area contributed by atoms with Crippen molar-refractivity contribution in [2.24, 2.45) is 0 Å². The molecular weight excluding hydrogens is 602 g/mol. The van der Waals surface area contributed by atoms with Crippen LogP contribution in [-0.4, -0.2) is 96.6 Å². The molecule has 10 nitrogen and oxygen atoms in total. The number of benzene rings is 3. The number of nitrogens with zero attached hydrogens (tertiary/aromatic N) is 4. The highest BCUT2D eigenvalue weighted by Gasteiger charge is 2.44. The fraction of sp³-hybridized carbons (Fsp3) is 0.371. The monoisotopic (exact) mass is 643 g/mol. The number of amides is 2. The van der Waals surface area contributed by atoms with Crippen LogP contribution >= 0.6 is 12.2 Å². The molecule has 0 aromatic heterocycles. The third-order valence-corrected chi connectivity index (χ3v) is 8.71. The quantitative estimate of drug-likeness (QED) is 0.215. The van der Waals surface area contributed by atoms with Crippen molar-refractivity contribution in [3.05, 3.63) is 90.0 Å². The van der Waals surface area contributed by atoms with Crippen molar-refractivity contribution >= 4 is 46.5 Å².